The van der Waals surface area contributed by atoms with Crippen LogP contribution in [0.3, 0.4) is 0 Å². The lowest BCUT2D eigenvalue weighted by Gasteiger charge is -2.37. The Morgan fingerprint density at radius 3 is 1.80 bits per heavy atom. The van der Waals surface area contributed by atoms with Crippen LogP contribution >= 0.6 is 0 Å². The first-order valence-corrected chi connectivity index (χ1v) is 4.41. The van der Waals surface area contributed by atoms with Crippen molar-refractivity contribution in [2.75, 3.05) is 0 Å². The van der Waals surface area contributed by atoms with E-state index in [1.54, 1.807) is 0 Å². The maximum absolute atomic E-state index is 3.74. The SMILES string of the molecule is CC12CCC[C@](C)(CC1)N2. The van der Waals surface area contributed by atoms with Gasteiger partial charge in [0.25, 0.3) is 0 Å². The summed E-state index contributed by atoms with van der Waals surface area (Å²) in [6, 6.07) is 0. The summed E-state index contributed by atoms with van der Waals surface area (Å²) in [6.45, 7) is 4.74. The molecule has 1 N–H and O–H groups in total. The molecule has 1 heteroatoms. The van der Waals surface area contributed by atoms with Crippen molar-refractivity contribution in [2.45, 2.75) is 57.0 Å². The highest BCUT2D eigenvalue weighted by Gasteiger charge is 2.44. The third-order valence-electron chi connectivity index (χ3n) is 3.29. The van der Waals surface area contributed by atoms with Crippen LogP contribution in [-0.4, -0.2) is 11.1 Å². The van der Waals surface area contributed by atoms with Gasteiger partial charge in [-0.1, -0.05) is 0 Å². The summed E-state index contributed by atoms with van der Waals surface area (Å²) in [5.41, 5.74) is 1.01. The Kier molecular flexibility index (Phi) is 1.17. The number of hydrogen-bond acceptors (Lipinski definition) is 1. The Hall–Kier alpha value is -0.0400. The van der Waals surface area contributed by atoms with Crippen LogP contribution in [0.2, 0.25) is 0 Å². The molecule has 0 saturated carbocycles. The minimum Gasteiger partial charge on any atom is -0.306 e. The molecule has 2 aliphatic heterocycles. The van der Waals surface area contributed by atoms with E-state index in [0.717, 1.165) is 0 Å². The van der Waals surface area contributed by atoms with Crippen LogP contribution in [0.25, 0.3) is 0 Å². The summed E-state index contributed by atoms with van der Waals surface area (Å²) in [5.74, 6) is 0. The molecule has 0 aromatic heterocycles. The van der Waals surface area contributed by atoms with E-state index in [9.17, 15) is 0 Å². The monoisotopic (exact) mass is 139 g/mol. The smallest absolute Gasteiger partial charge is 0.0159 e. The highest BCUT2D eigenvalue weighted by Crippen LogP contribution is 2.41. The molecule has 2 heterocycles. The van der Waals surface area contributed by atoms with Crippen LogP contribution in [-0.2, 0) is 0 Å². The van der Waals surface area contributed by atoms with E-state index >= 15 is 0 Å². The zero-order chi connectivity index (χ0) is 7.24. The lowest BCUT2D eigenvalue weighted by atomic mass is 9.89. The van der Waals surface area contributed by atoms with Crippen LogP contribution in [0.4, 0.5) is 0 Å². The highest BCUT2D eigenvalue weighted by molar-refractivity contribution is 5.05. The summed E-state index contributed by atoms with van der Waals surface area (Å²) < 4.78 is 0. The maximum Gasteiger partial charge on any atom is 0.0159 e. The van der Waals surface area contributed by atoms with Crippen LogP contribution in [0.15, 0.2) is 0 Å². The van der Waals surface area contributed by atoms with Gasteiger partial charge in [0.2, 0.25) is 0 Å². The second kappa shape index (κ2) is 1.76. The molecule has 0 aromatic carbocycles. The van der Waals surface area contributed by atoms with Crippen molar-refractivity contribution >= 4 is 0 Å². The summed E-state index contributed by atoms with van der Waals surface area (Å²) in [4.78, 5) is 0. The van der Waals surface area contributed by atoms with E-state index in [4.69, 9.17) is 0 Å². The largest absolute Gasteiger partial charge is 0.306 e. The van der Waals surface area contributed by atoms with Crippen molar-refractivity contribution in [3.8, 4) is 0 Å². The molecule has 1 nitrogen and oxygen atoms in total. The van der Waals surface area contributed by atoms with Gasteiger partial charge in [-0.05, 0) is 46.0 Å². The number of fused-ring (bicyclic) bond motifs is 2. The molecule has 1 unspecified atom stereocenters. The van der Waals surface area contributed by atoms with Gasteiger partial charge < -0.3 is 5.32 Å². The van der Waals surface area contributed by atoms with Gasteiger partial charge in [-0.25, -0.2) is 0 Å². The van der Waals surface area contributed by atoms with Crippen molar-refractivity contribution < 1.29 is 0 Å². The maximum atomic E-state index is 3.74. The Balaban J connectivity index is 2.20. The van der Waals surface area contributed by atoms with E-state index in [0.29, 0.717) is 11.1 Å². The molecule has 0 amide bonds. The second-order valence-corrected chi connectivity index (χ2v) is 4.60. The van der Waals surface area contributed by atoms with Gasteiger partial charge in [0.1, 0.15) is 0 Å². The summed E-state index contributed by atoms with van der Waals surface area (Å²) >= 11 is 0. The fourth-order valence-electron chi connectivity index (χ4n) is 2.65. The predicted molar refractivity (Wildman–Crippen MR) is 43.0 cm³/mol. The van der Waals surface area contributed by atoms with Crippen LogP contribution in [0, 0.1) is 0 Å². The molecule has 58 valence electrons. The van der Waals surface area contributed by atoms with Gasteiger partial charge in [0.15, 0.2) is 0 Å². The van der Waals surface area contributed by atoms with E-state index < -0.39 is 0 Å². The zero-order valence-electron chi connectivity index (χ0n) is 7.04. The lowest BCUT2D eigenvalue weighted by Crippen LogP contribution is -2.50. The average Bonchev–Trinajstić information content (AvgIpc) is 2.03. The van der Waals surface area contributed by atoms with E-state index in [1.165, 1.54) is 32.1 Å². The van der Waals surface area contributed by atoms with Crippen LogP contribution in [0.5, 0.6) is 0 Å². The molecule has 0 radical (unpaired) electrons. The summed E-state index contributed by atoms with van der Waals surface area (Å²) in [6.07, 6.45) is 7.00. The highest BCUT2D eigenvalue weighted by atomic mass is 15.1. The van der Waals surface area contributed by atoms with Crippen molar-refractivity contribution in [1.29, 1.82) is 0 Å². The minimum atomic E-state index is 0.507. The fraction of sp³-hybridized carbons (Fsp3) is 1.00. The molecular formula is C9H17N. The zero-order valence-corrected chi connectivity index (χ0v) is 7.04. The van der Waals surface area contributed by atoms with Crippen LogP contribution in [0.1, 0.15) is 46.0 Å². The molecular weight excluding hydrogens is 122 g/mol. The Morgan fingerprint density at radius 1 is 0.900 bits per heavy atom. The molecule has 2 rings (SSSR count). The number of piperidine rings is 1. The van der Waals surface area contributed by atoms with Gasteiger partial charge in [-0.15, -0.1) is 0 Å². The van der Waals surface area contributed by atoms with Gasteiger partial charge in [0, 0.05) is 11.1 Å². The molecule has 0 aliphatic carbocycles. The number of nitrogens with one attached hydrogen (secondary N) is 1. The van der Waals surface area contributed by atoms with E-state index in [1.807, 2.05) is 0 Å². The predicted octanol–water partition coefficient (Wildman–Crippen LogP) is 2.07. The molecule has 2 bridgehead atoms. The van der Waals surface area contributed by atoms with Gasteiger partial charge in [0.05, 0.1) is 0 Å². The molecule has 10 heavy (non-hydrogen) atoms. The summed E-state index contributed by atoms with van der Waals surface area (Å²) in [7, 11) is 0. The first-order valence-electron chi connectivity index (χ1n) is 4.41. The normalized spacial score (nSPS) is 53.4. The quantitative estimate of drug-likeness (QED) is 0.541. The third-order valence-corrected chi connectivity index (χ3v) is 3.29. The van der Waals surface area contributed by atoms with Gasteiger partial charge in [-0.2, -0.15) is 0 Å². The van der Waals surface area contributed by atoms with Crippen LogP contribution < -0.4 is 5.32 Å². The minimum absolute atomic E-state index is 0.507. The molecule has 2 fully saturated rings. The van der Waals surface area contributed by atoms with Crippen molar-refractivity contribution in [3.63, 3.8) is 0 Å². The standard InChI is InChI=1S/C9H17N/c1-8-4-3-5-9(2,10-8)7-6-8/h10H,3-7H2,1-2H3/t8-,9?/m1/s1. The van der Waals surface area contributed by atoms with Gasteiger partial charge in [-0.3, -0.25) is 0 Å². The number of rotatable bonds is 0. The Morgan fingerprint density at radius 2 is 1.40 bits per heavy atom. The summed E-state index contributed by atoms with van der Waals surface area (Å²) in [5, 5.41) is 3.74. The van der Waals surface area contributed by atoms with E-state index in [-0.39, 0.29) is 0 Å². The fourth-order valence-corrected chi connectivity index (χ4v) is 2.65. The second-order valence-electron chi connectivity index (χ2n) is 4.60. The molecule has 2 saturated heterocycles. The number of hydrogen-bond donors (Lipinski definition) is 1. The molecule has 0 spiro atoms. The molecule has 0 aromatic rings. The Bertz CT molecular complexity index is 139. The first-order chi connectivity index (χ1) is 4.62. The van der Waals surface area contributed by atoms with Crippen molar-refractivity contribution in [1.82, 2.24) is 5.32 Å². The molecule has 2 atom stereocenters. The third kappa shape index (κ3) is 0.878. The van der Waals surface area contributed by atoms with Crippen molar-refractivity contribution in [3.05, 3.63) is 0 Å². The Labute approximate surface area is 63.2 Å². The average molecular weight is 139 g/mol. The van der Waals surface area contributed by atoms with E-state index in [2.05, 4.69) is 19.2 Å². The molecule has 2 aliphatic rings. The first kappa shape index (κ1) is 6.66. The van der Waals surface area contributed by atoms with Gasteiger partial charge >= 0.3 is 0 Å². The van der Waals surface area contributed by atoms with Crippen molar-refractivity contribution in [2.24, 2.45) is 0 Å². The topological polar surface area (TPSA) is 12.0 Å². The lowest BCUT2D eigenvalue weighted by molar-refractivity contribution is 0.235.